The maximum absolute atomic E-state index is 12.6. The molecule has 29 heavy (non-hydrogen) atoms. The van der Waals surface area contributed by atoms with Gasteiger partial charge in [0.1, 0.15) is 15.6 Å². The summed E-state index contributed by atoms with van der Waals surface area (Å²) in [5.41, 5.74) is 1.80. The minimum atomic E-state index is -1.00. The third-order valence-electron chi connectivity index (χ3n) is 4.39. The Hall–Kier alpha value is -2.28. The monoisotopic (exact) mass is 451 g/mol. The third kappa shape index (κ3) is 4.50. The average molecular weight is 452 g/mol. The van der Waals surface area contributed by atoms with Crippen molar-refractivity contribution in [2.45, 2.75) is 26.4 Å². The number of aryl methyl sites for hydroxylation is 1. The van der Waals surface area contributed by atoms with Crippen LogP contribution in [0.2, 0.25) is 10.0 Å². The second kappa shape index (κ2) is 9.03. The van der Waals surface area contributed by atoms with Gasteiger partial charge in [0, 0.05) is 11.1 Å². The molecule has 0 aliphatic rings. The number of halogens is 2. The zero-order valence-corrected chi connectivity index (χ0v) is 18.4. The van der Waals surface area contributed by atoms with E-state index in [1.165, 1.54) is 14.0 Å². The van der Waals surface area contributed by atoms with Crippen molar-refractivity contribution >= 4 is 62.2 Å². The Balaban J connectivity index is 1.74. The summed E-state index contributed by atoms with van der Waals surface area (Å²) in [7, 11) is 1.51. The molecule has 1 amide bonds. The van der Waals surface area contributed by atoms with Gasteiger partial charge in [0.15, 0.2) is 6.10 Å². The summed E-state index contributed by atoms with van der Waals surface area (Å²) in [6.45, 7) is 3.56. The smallest absolute Gasteiger partial charge is 0.350 e. The van der Waals surface area contributed by atoms with Gasteiger partial charge in [-0.15, -0.1) is 11.3 Å². The van der Waals surface area contributed by atoms with Crippen LogP contribution in [0.4, 0.5) is 5.69 Å². The van der Waals surface area contributed by atoms with E-state index in [0.717, 1.165) is 23.3 Å². The molecule has 0 fully saturated rings. The summed E-state index contributed by atoms with van der Waals surface area (Å²) < 4.78 is 11.1. The number of methoxy groups -OCH3 is 1. The molecule has 0 unspecified atom stereocenters. The quantitative estimate of drug-likeness (QED) is 0.469. The van der Waals surface area contributed by atoms with Crippen molar-refractivity contribution in [3.63, 3.8) is 0 Å². The van der Waals surface area contributed by atoms with E-state index in [-0.39, 0.29) is 9.90 Å². The molecule has 0 bridgehead atoms. The van der Waals surface area contributed by atoms with Crippen molar-refractivity contribution in [1.82, 2.24) is 0 Å². The number of carbonyl (C=O) groups excluding carboxylic acids is 2. The van der Waals surface area contributed by atoms with E-state index in [4.69, 9.17) is 32.7 Å². The predicted octanol–water partition coefficient (Wildman–Crippen LogP) is 5.96. The molecule has 0 aliphatic heterocycles. The highest BCUT2D eigenvalue weighted by Gasteiger charge is 2.25. The fourth-order valence-corrected chi connectivity index (χ4v) is 4.47. The van der Waals surface area contributed by atoms with Crippen LogP contribution >= 0.6 is 34.5 Å². The minimum absolute atomic E-state index is 0.184. The molecule has 2 aromatic carbocycles. The van der Waals surface area contributed by atoms with E-state index < -0.39 is 18.0 Å². The molecule has 1 atom stereocenters. The molecule has 1 N–H and O–H groups in total. The summed E-state index contributed by atoms with van der Waals surface area (Å²) in [6.07, 6.45) is -0.0896. The fourth-order valence-electron chi connectivity index (χ4n) is 2.70. The standard InChI is InChI=1S/C21H19Cl2NO4S/c1-4-12-5-7-13(8-6-12)24-20(25)11(2)28-21(26)19-16(22)14-9-10-15(27-3)17(23)18(14)29-19/h5-11H,4H2,1-3H3,(H,24,25)/t11-/m1/s1. The number of esters is 1. The highest BCUT2D eigenvalue weighted by atomic mass is 35.5. The van der Waals surface area contributed by atoms with Gasteiger partial charge in [-0.3, -0.25) is 4.79 Å². The van der Waals surface area contributed by atoms with Gasteiger partial charge >= 0.3 is 5.97 Å². The van der Waals surface area contributed by atoms with Crippen LogP contribution in [-0.2, 0) is 16.0 Å². The summed E-state index contributed by atoms with van der Waals surface area (Å²) >= 11 is 13.8. The molecule has 0 aliphatic carbocycles. The maximum atomic E-state index is 12.6. The minimum Gasteiger partial charge on any atom is -0.495 e. The number of carbonyl (C=O) groups is 2. The van der Waals surface area contributed by atoms with Gasteiger partial charge in [0.25, 0.3) is 5.91 Å². The third-order valence-corrected chi connectivity index (χ3v) is 6.58. The van der Waals surface area contributed by atoms with E-state index in [1.807, 2.05) is 24.3 Å². The van der Waals surface area contributed by atoms with Crippen LogP contribution in [0.3, 0.4) is 0 Å². The number of hydrogen-bond donors (Lipinski definition) is 1. The normalized spacial score (nSPS) is 11.9. The van der Waals surface area contributed by atoms with E-state index in [2.05, 4.69) is 12.2 Å². The first kappa shape index (κ1) is 21.4. The van der Waals surface area contributed by atoms with Crippen LogP contribution in [-0.4, -0.2) is 25.1 Å². The Kier molecular flexibility index (Phi) is 6.67. The van der Waals surface area contributed by atoms with Crippen molar-refractivity contribution < 1.29 is 19.1 Å². The SMILES string of the molecule is CCc1ccc(NC(=O)[C@@H](C)OC(=O)c2sc3c(Cl)c(OC)ccc3c2Cl)cc1. The molecule has 3 aromatic rings. The average Bonchev–Trinajstić information content (AvgIpc) is 3.06. The second-order valence-electron chi connectivity index (χ2n) is 6.29. The molecule has 8 heteroatoms. The molecule has 0 saturated carbocycles. The van der Waals surface area contributed by atoms with Crippen LogP contribution in [0.15, 0.2) is 36.4 Å². The van der Waals surface area contributed by atoms with Crippen molar-refractivity contribution in [3.8, 4) is 5.75 Å². The number of ether oxygens (including phenoxy) is 2. The molecule has 0 radical (unpaired) electrons. The number of anilines is 1. The van der Waals surface area contributed by atoms with E-state index in [9.17, 15) is 9.59 Å². The van der Waals surface area contributed by atoms with Crippen molar-refractivity contribution in [1.29, 1.82) is 0 Å². The highest BCUT2D eigenvalue weighted by Crippen LogP contribution is 2.43. The van der Waals surface area contributed by atoms with Gasteiger partial charge in [0.2, 0.25) is 0 Å². The predicted molar refractivity (Wildman–Crippen MR) is 118 cm³/mol. The number of rotatable bonds is 6. The molecule has 1 aromatic heterocycles. The lowest BCUT2D eigenvalue weighted by Gasteiger charge is -2.13. The summed E-state index contributed by atoms with van der Waals surface area (Å²) in [6, 6.07) is 10.9. The molecular weight excluding hydrogens is 433 g/mol. The zero-order chi connectivity index (χ0) is 21.1. The van der Waals surface area contributed by atoms with Crippen LogP contribution in [0.5, 0.6) is 5.75 Å². The van der Waals surface area contributed by atoms with Gasteiger partial charge in [-0.2, -0.15) is 0 Å². The largest absolute Gasteiger partial charge is 0.495 e. The van der Waals surface area contributed by atoms with Crippen molar-refractivity contribution in [2.75, 3.05) is 12.4 Å². The van der Waals surface area contributed by atoms with Gasteiger partial charge in [-0.1, -0.05) is 42.3 Å². The van der Waals surface area contributed by atoms with Gasteiger partial charge in [-0.25, -0.2) is 4.79 Å². The number of thiophene rings is 1. The first-order valence-corrected chi connectivity index (χ1v) is 10.5. The van der Waals surface area contributed by atoms with E-state index in [1.54, 1.807) is 12.1 Å². The number of hydrogen-bond acceptors (Lipinski definition) is 5. The number of amides is 1. The lowest BCUT2D eigenvalue weighted by atomic mass is 10.1. The molecule has 0 spiro atoms. The van der Waals surface area contributed by atoms with Crippen LogP contribution in [0.25, 0.3) is 10.1 Å². The molecule has 3 rings (SSSR count). The number of fused-ring (bicyclic) bond motifs is 1. The second-order valence-corrected chi connectivity index (χ2v) is 8.07. The van der Waals surface area contributed by atoms with Gasteiger partial charge < -0.3 is 14.8 Å². The molecule has 152 valence electrons. The Bertz CT molecular complexity index is 1060. The van der Waals surface area contributed by atoms with E-state index >= 15 is 0 Å². The van der Waals surface area contributed by atoms with Crippen LogP contribution < -0.4 is 10.1 Å². The lowest BCUT2D eigenvalue weighted by molar-refractivity contribution is -0.123. The van der Waals surface area contributed by atoms with Crippen LogP contribution in [0.1, 0.15) is 29.1 Å². The summed E-state index contributed by atoms with van der Waals surface area (Å²) in [5.74, 6) is -0.631. The summed E-state index contributed by atoms with van der Waals surface area (Å²) in [4.78, 5) is 25.2. The Labute approximate surface area is 182 Å². The Morgan fingerprint density at radius 2 is 1.79 bits per heavy atom. The number of nitrogens with one attached hydrogen (secondary N) is 1. The fraction of sp³-hybridized carbons (Fsp3) is 0.238. The molecule has 0 saturated heterocycles. The Morgan fingerprint density at radius 1 is 1.10 bits per heavy atom. The Morgan fingerprint density at radius 3 is 2.41 bits per heavy atom. The maximum Gasteiger partial charge on any atom is 0.350 e. The van der Waals surface area contributed by atoms with Crippen molar-refractivity contribution in [3.05, 3.63) is 56.9 Å². The van der Waals surface area contributed by atoms with Crippen LogP contribution in [0, 0.1) is 0 Å². The molecule has 5 nitrogen and oxygen atoms in total. The topological polar surface area (TPSA) is 64.6 Å². The molecular formula is C21H19Cl2NO4S. The lowest BCUT2D eigenvalue weighted by Crippen LogP contribution is -2.29. The zero-order valence-electron chi connectivity index (χ0n) is 16.0. The number of benzene rings is 2. The van der Waals surface area contributed by atoms with Crippen molar-refractivity contribution in [2.24, 2.45) is 0 Å². The summed E-state index contributed by atoms with van der Waals surface area (Å²) in [5, 5.41) is 3.97. The first-order chi connectivity index (χ1) is 13.8. The molecule has 1 heterocycles. The first-order valence-electron chi connectivity index (χ1n) is 8.91. The highest BCUT2D eigenvalue weighted by molar-refractivity contribution is 7.22. The van der Waals surface area contributed by atoms with Gasteiger partial charge in [-0.05, 0) is 43.2 Å². The van der Waals surface area contributed by atoms with Gasteiger partial charge in [0.05, 0.1) is 16.8 Å². The van der Waals surface area contributed by atoms with E-state index in [0.29, 0.717) is 26.5 Å².